The van der Waals surface area contributed by atoms with Crippen LogP contribution in [0.4, 0.5) is 0 Å². The lowest BCUT2D eigenvalue weighted by molar-refractivity contribution is -0.00883. The van der Waals surface area contributed by atoms with E-state index in [1.807, 2.05) is 36.4 Å². The van der Waals surface area contributed by atoms with Gasteiger partial charge in [-0.05, 0) is 50.6 Å². The number of rotatable bonds is 4. The Kier molecular flexibility index (Phi) is 4.61. The van der Waals surface area contributed by atoms with Crippen molar-refractivity contribution >= 4 is 0 Å². The maximum Gasteiger partial charge on any atom is 0.135 e. The van der Waals surface area contributed by atoms with Crippen LogP contribution in [0.15, 0.2) is 40.8 Å². The van der Waals surface area contributed by atoms with Crippen LogP contribution in [0.1, 0.15) is 37.5 Å². The number of benzene rings is 1. The number of nitrogens with zero attached hydrogens (tertiary/aromatic N) is 3. The molecule has 0 spiro atoms. The van der Waals surface area contributed by atoms with Gasteiger partial charge < -0.3 is 4.42 Å². The van der Waals surface area contributed by atoms with Crippen molar-refractivity contribution in [1.82, 2.24) is 9.80 Å². The zero-order chi connectivity index (χ0) is 17.2. The second-order valence-electron chi connectivity index (χ2n) is 7.35. The Labute approximate surface area is 149 Å². The van der Waals surface area contributed by atoms with Crippen LogP contribution in [-0.4, -0.2) is 41.5 Å². The molecule has 1 unspecified atom stereocenters. The first-order valence-corrected chi connectivity index (χ1v) is 9.31. The number of likely N-dealkylation sites (tertiary alicyclic amines) is 2. The van der Waals surface area contributed by atoms with Crippen molar-refractivity contribution in [2.24, 2.45) is 0 Å². The molecule has 4 rings (SSSR count). The average Bonchev–Trinajstić information content (AvgIpc) is 3.07. The Morgan fingerprint density at radius 3 is 2.80 bits per heavy atom. The predicted octanol–water partition coefficient (Wildman–Crippen LogP) is 3.88. The first kappa shape index (κ1) is 16.4. The van der Waals surface area contributed by atoms with Gasteiger partial charge in [0.1, 0.15) is 11.5 Å². The molecule has 2 aliphatic heterocycles. The van der Waals surface area contributed by atoms with Gasteiger partial charge in [0.15, 0.2) is 0 Å². The average molecular weight is 335 g/mol. The fourth-order valence-corrected chi connectivity index (χ4v) is 4.17. The molecule has 3 heterocycles. The minimum Gasteiger partial charge on any atom is -0.460 e. The molecule has 25 heavy (non-hydrogen) atoms. The largest absolute Gasteiger partial charge is 0.460 e. The van der Waals surface area contributed by atoms with Crippen molar-refractivity contribution in [3.05, 3.63) is 47.7 Å². The van der Waals surface area contributed by atoms with E-state index in [0.29, 0.717) is 11.6 Å². The fourth-order valence-electron chi connectivity index (χ4n) is 4.17. The van der Waals surface area contributed by atoms with Gasteiger partial charge in [-0.15, -0.1) is 0 Å². The summed E-state index contributed by atoms with van der Waals surface area (Å²) in [5.74, 6) is 1.77. The predicted molar refractivity (Wildman–Crippen MR) is 97.9 cm³/mol. The van der Waals surface area contributed by atoms with E-state index in [9.17, 15) is 5.26 Å². The highest BCUT2D eigenvalue weighted by Crippen LogP contribution is 2.28. The van der Waals surface area contributed by atoms with Crippen LogP contribution in [0.25, 0.3) is 11.3 Å². The summed E-state index contributed by atoms with van der Waals surface area (Å²) >= 11 is 0. The molecule has 0 amide bonds. The van der Waals surface area contributed by atoms with Crippen molar-refractivity contribution in [3.63, 3.8) is 0 Å². The summed E-state index contributed by atoms with van der Waals surface area (Å²) in [4.78, 5) is 5.14. The number of furan rings is 1. The first-order chi connectivity index (χ1) is 12.2. The maximum atomic E-state index is 9.25. The van der Waals surface area contributed by atoms with E-state index in [4.69, 9.17) is 4.42 Å². The molecule has 2 aromatic rings. The second kappa shape index (κ2) is 7.03. The van der Waals surface area contributed by atoms with Crippen molar-refractivity contribution < 1.29 is 4.42 Å². The molecule has 2 saturated heterocycles. The lowest BCUT2D eigenvalue weighted by Gasteiger charge is -2.49. The molecule has 0 bridgehead atoms. The van der Waals surface area contributed by atoms with E-state index < -0.39 is 0 Å². The smallest absolute Gasteiger partial charge is 0.135 e. The van der Waals surface area contributed by atoms with Gasteiger partial charge in [0.05, 0.1) is 18.2 Å². The third-order valence-corrected chi connectivity index (χ3v) is 5.62. The van der Waals surface area contributed by atoms with E-state index in [0.717, 1.165) is 42.8 Å². The number of nitriles is 1. The first-order valence-electron chi connectivity index (χ1n) is 9.31. The summed E-state index contributed by atoms with van der Waals surface area (Å²) in [7, 11) is 0. The van der Waals surface area contributed by atoms with Gasteiger partial charge in [-0.3, -0.25) is 9.80 Å². The quantitative estimate of drug-likeness (QED) is 0.850. The van der Waals surface area contributed by atoms with Crippen molar-refractivity contribution in [2.75, 3.05) is 19.6 Å². The summed E-state index contributed by atoms with van der Waals surface area (Å²) in [5.41, 5.74) is 1.53. The molecule has 2 aliphatic rings. The van der Waals surface area contributed by atoms with E-state index >= 15 is 0 Å². The van der Waals surface area contributed by atoms with Crippen molar-refractivity contribution in [1.29, 1.82) is 5.26 Å². The van der Waals surface area contributed by atoms with Crippen LogP contribution in [0, 0.1) is 11.3 Å². The van der Waals surface area contributed by atoms with E-state index in [1.165, 1.54) is 25.8 Å². The minimum absolute atomic E-state index is 0.659. The normalized spacial score (nSPS) is 22.5. The highest BCUT2D eigenvalue weighted by molar-refractivity contribution is 5.66. The minimum atomic E-state index is 0.659. The van der Waals surface area contributed by atoms with Crippen LogP contribution in [0.5, 0.6) is 0 Å². The second-order valence-corrected chi connectivity index (χ2v) is 7.35. The monoisotopic (exact) mass is 335 g/mol. The molecular formula is C21H25N3O. The third-order valence-electron chi connectivity index (χ3n) is 5.62. The number of hydrogen-bond acceptors (Lipinski definition) is 4. The van der Waals surface area contributed by atoms with Crippen LogP contribution in [-0.2, 0) is 6.54 Å². The van der Waals surface area contributed by atoms with Gasteiger partial charge >= 0.3 is 0 Å². The summed E-state index contributed by atoms with van der Waals surface area (Å²) in [6, 6.07) is 15.3. The molecule has 130 valence electrons. The summed E-state index contributed by atoms with van der Waals surface area (Å²) in [6.07, 6.45) is 4.07. The summed E-state index contributed by atoms with van der Waals surface area (Å²) < 4.78 is 6.01. The third kappa shape index (κ3) is 3.35. The maximum absolute atomic E-state index is 9.25. The van der Waals surface area contributed by atoms with Gasteiger partial charge in [-0.2, -0.15) is 5.26 Å². The van der Waals surface area contributed by atoms with Gasteiger partial charge in [0.25, 0.3) is 0 Å². The Bertz CT molecular complexity index is 769. The zero-order valence-corrected chi connectivity index (χ0v) is 14.8. The molecule has 1 aromatic heterocycles. The van der Waals surface area contributed by atoms with Crippen LogP contribution < -0.4 is 0 Å². The fraction of sp³-hybridized carbons (Fsp3) is 0.476. The van der Waals surface area contributed by atoms with E-state index in [-0.39, 0.29) is 0 Å². The molecule has 2 fully saturated rings. The highest BCUT2D eigenvalue weighted by Gasteiger charge is 2.35. The van der Waals surface area contributed by atoms with Gasteiger partial charge in [0.2, 0.25) is 0 Å². The van der Waals surface area contributed by atoms with Gasteiger partial charge in [0, 0.05) is 30.7 Å². The molecule has 0 radical (unpaired) electrons. The lowest BCUT2D eigenvalue weighted by Crippen LogP contribution is -2.61. The molecular weight excluding hydrogens is 310 g/mol. The number of piperidine rings is 1. The number of hydrogen-bond donors (Lipinski definition) is 0. The Balaban J connectivity index is 1.36. The van der Waals surface area contributed by atoms with Crippen molar-refractivity contribution in [3.8, 4) is 17.4 Å². The summed E-state index contributed by atoms with van der Waals surface area (Å²) in [6.45, 7) is 6.75. The lowest BCUT2D eigenvalue weighted by atomic mass is 9.97. The van der Waals surface area contributed by atoms with Gasteiger partial charge in [-0.1, -0.05) is 18.6 Å². The Morgan fingerprint density at radius 1 is 1.16 bits per heavy atom. The molecule has 1 atom stereocenters. The SMILES string of the molecule is CC1CCCCN1C1CN(Cc2ccc(-c3ccccc3C#N)o2)C1. The molecule has 4 heteroatoms. The highest BCUT2D eigenvalue weighted by atomic mass is 16.3. The standard InChI is InChI=1S/C21H25N3O/c1-16-6-4-5-11-24(16)18-13-23(14-18)15-19-9-10-21(25-19)20-8-3-2-7-17(20)12-22/h2-3,7-10,16,18H,4-6,11,13-15H2,1H3. The molecule has 0 saturated carbocycles. The van der Waals surface area contributed by atoms with Gasteiger partial charge in [-0.25, -0.2) is 0 Å². The van der Waals surface area contributed by atoms with Crippen LogP contribution in [0.3, 0.4) is 0 Å². The molecule has 1 aromatic carbocycles. The topological polar surface area (TPSA) is 43.4 Å². The molecule has 0 N–H and O–H groups in total. The van der Waals surface area contributed by atoms with Crippen LogP contribution >= 0.6 is 0 Å². The zero-order valence-electron chi connectivity index (χ0n) is 14.8. The molecule has 0 aliphatic carbocycles. The molecule has 4 nitrogen and oxygen atoms in total. The van der Waals surface area contributed by atoms with E-state index in [2.05, 4.69) is 22.8 Å². The van der Waals surface area contributed by atoms with E-state index in [1.54, 1.807) is 0 Å². The van der Waals surface area contributed by atoms with Crippen molar-refractivity contribution in [2.45, 2.75) is 44.8 Å². The van der Waals surface area contributed by atoms with Crippen LogP contribution in [0.2, 0.25) is 0 Å². The Hall–Kier alpha value is -2.09. The Morgan fingerprint density at radius 2 is 2.00 bits per heavy atom. The summed E-state index contributed by atoms with van der Waals surface area (Å²) in [5, 5.41) is 9.25.